The number of hydrogen-bond acceptors (Lipinski definition) is 8. The number of H-pyrrole nitrogens is 2. The number of benzene rings is 4. The standard InChI is InChI=1S/C46H53N9O5/c1-6-21-54(43(57)27-49-46(59)60-5)28-40-48-26-39(51-40)37-20-19-35-23-34(17-18-36(35)24-37)31-13-15-32(16-14-31)38-25-47-41(50-38)29-55(22-7-2)45(58)44(33-11-9-8-10-12-33)52-42(56)30-53(3)4/h8-20,23-26,44H,6-7,21-22,27-30H2,1-5H3,(H,47,50)(H,48,51)(H,49,59)(H,52,56)/t44-/m1/s1. The minimum absolute atomic E-state index is 0.149. The molecule has 4 aromatic carbocycles. The van der Waals surface area contributed by atoms with Crippen molar-refractivity contribution in [1.29, 1.82) is 0 Å². The predicted molar refractivity (Wildman–Crippen MR) is 232 cm³/mol. The number of alkyl carbamates (subject to hydrolysis) is 1. The number of methoxy groups -OCH3 is 1. The summed E-state index contributed by atoms with van der Waals surface area (Å²) >= 11 is 0. The zero-order chi connectivity index (χ0) is 42.6. The van der Waals surface area contributed by atoms with E-state index in [-0.39, 0.29) is 37.4 Å². The number of nitrogens with zero attached hydrogens (tertiary/aromatic N) is 5. The number of aromatic nitrogens is 4. The van der Waals surface area contributed by atoms with Crippen molar-refractivity contribution in [2.75, 3.05) is 47.4 Å². The van der Waals surface area contributed by atoms with Crippen molar-refractivity contribution < 1.29 is 23.9 Å². The Balaban J connectivity index is 1.11. The second kappa shape index (κ2) is 20.3. The molecule has 6 aromatic rings. The molecule has 4 N–H and O–H groups in total. The van der Waals surface area contributed by atoms with E-state index in [4.69, 9.17) is 0 Å². The molecule has 6 rings (SSSR count). The molecule has 60 heavy (non-hydrogen) atoms. The van der Waals surface area contributed by atoms with Crippen LogP contribution in [0.4, 0.5) is 4.79 Å². The van der Waals surface area contributed by atoms with Crippen molar-refractivity contribution >= 4 is 34.6 Å². The third-order valence-corrected chi connectivity index (χ3v) is 9.98. The van der Waals surface area contributed by atoms with Crippen LogP contribution in [0, 0.1) is 0 Å². The fraction of sp³-hybridized carbons (Fsp3) is 0.304. The average Bonchev–Trinajstić information content (AvgIpc) is 3.94. The summed E-state index contributed by atoms with van der Waals surface area (Å²) in [5.41, 5.74) is 6.50. The van der Waals surface area contributed by atoms with Gasteiger partial charge in [-0.15, -0.1) is 0 Å². The van der Waals surface area contributed by atoms with Gasteiger partial charge in [-0.3, -0.25) is 14.4 Å². The van der Waals surface area contributed by atoms with Gasteiger partial charge in [-0.1, -0.05) is 92.7 Å². The van der Waals surface area contributed by atoms with E-state index in [9.17, 15) is 19.2 Å². The number of carbonyl (C=O) groups excluding carboxylic acids is 4. The average molecular weight is 812 g/mol. The van der Waals surface area contributed by atoms with Gasteiger partial charge >= 0.3 is 6.09 Å². The largest absolute Gasteiger partial charge is 0.453 e. The van der Waals surface area contributed by atoms with E-state index in [0.29, 0.717) is 31.3 Å². The molecule has 0 spiro atoms. The quantitative estimate of drug-likeness (QED) is 0.0759. The fourth-order valence-electron chi connectivity index (χ4n) is 7.02. The van der Waals surface area contributed by atoms with Crippen LogP contribution in [0.2, 0.25) is 0 Å². The first-order chi connectivity index (χ1) is 29.0. The fourth-order valence-corrected chi connectivity index (χ4v) is 7.02. The lowest BCUT2D eigenvalue weighted by atomic mass is 9.98. The zero-order valence-corrected chi connectivity index (χ0v) is 34.8. The molecular formula is C46H53N9O5. The Morgan fingerprint density at radius 2 is 1.25 bits per heavy atom. The molecule has 0 unspecified atom stereocenters. The van der Waals surface area contributed by atoms with Gasteiger partial charge in [-0.2, -0.15) is 0 Å². The monoisotopic (exact) mass is 811 g/mol. The first-order valence-corrected chi connectivity index (χ1v) is 20.1. The summed E-state index contributed by atoms with van der Waals surface area (Å²) in [4.78, 5) is 72.1. The molecule has 0 aliphatic heterocycles. The molecule has 312 valence electrons. The lowest BCUT2D eigenvalue weighted by Crippen LogP contribution is -2.45. The van der Waals surface area contributed by atoms with Crippen molar-refractivity contribution in [1.82, 2.24) is 45.3 Å². The molecule has 4 amide bonds. The molecule has 1 atom stereocenters. The lowest BCUT2D eigenvalue weighted by molar-refractivity contribution is -0.137. The molecule has 0 aliphatic carbocycles. The van der Waals surface area contributed by atoms with E-state index in [1.807, 2.05) is 58.3 Å². The molecular weight excluding hydrogens is 759 g/mol. The molecule has 0 radical (unpaired) electrons. The number of aromatic amines is 2. The SMILES string of the molecule is CCCN(Cc1ncc(-c2ccc3cc(-c4ccc(-c5cnc(CN(CCC)C(=O)[C@H](NC(=O)CN(C)C)c6ccccc6)[nH]5)cc4)ccc3c2)[nH]1)C(=O)CNC(=O)OC. The number of likely N-dealkylation sites (N-methyl/N-ethyl adjacent to an activating group) is 1. The number of carbonyl (C=O) groups is 4. The van der Waals surface area contributed by atoms with Crippen molar-refractivity contribution in [3.8, 4) is 33.6 Å². The summed E-state index contributed by atoms with van der Waals surface area (Å²) in [6, 6.07) is 29.4. The lowest BCUT2D eigenvalue weighted by Gasteiger charge is -2.28. The van der Waals surface area contributed by atoms with Crippen molar-refractivity contribution in [3.63, 3.8) is 0 Å². The third-order valence-electron chi connectivity index (χ3n) is 9.98. The molecule has 0 saturated carbocycles. The maximum absolute atomic E-state index is 14.0. The van der Waals surface area contributed by atoms with Crippen LogP contribution in [0.5, 0.6) is 0 Å². The van der Waals surface area contributed by atoms with Crippen LogP contribution in [0.3, 0.4) is 0 Å². The van der Waals surface area contributed by atoms with Gasteiger partial charge in [0.15, 0.2) is 0 Å². The van der Waals surface area contributed by atoms with Crippen molar-refractivity contribution in [2.24, 2.45) is 0 Å². The predicted octanol–water partition coefficient (Wildman–Crippen LogP) is 6.54. The number of ether oxygens (including phenoxy) is 1. The molecule has 14 nitrogen and oxygen atoms in total. The molecule has 0 saturated heterocycles. The summed E-state index contributed by atoms with van der Waals surface area (Å²) in [6.45, 7) is 5.64. The summed E-state index contributed by atoms with van der Waals surface area (Å²) in [5.74, 6) is 0.674. The van der Waals surface area contributed by atoms with Gasteiger partial charge in [0, 0.05) is 18.7 Å². The summed E-state index contributed by atoms with van der Waals surface area (Å²) in [7, 11) is 4.89. The Kier molecular flexibility index (Phi) is 14.4. The van der Waals surface area contributed by atoms with Crippen LogP contribution in [0.25, 0.3) is 44.4 Å². The minimum Gasteiger partial charge on any atom is -0.453 e. The van der Waals surface area contributed by atoms with Crippen LogP contribution < -0.4 is 10.6 Å². The first-order valence-electron chi connectivity index (χ1n) is 20.1. The van der Waals surface area contributed by atoms with Crippen molar-refractivity contribution in [3.05, 3.63) is 121 Å². The highest BCUT2D eigenvalue weighted by molar-refractivity contribution is 5.91. The van der Waals surface area contributed by atoms with E-state index in [0.717, 1.165) is 62.8 Å². The maximum Gasteiger partial charge on any atom is 0.407 e. The van der Waals surface area contributed by atoms with E-state index in [2.05, 4.69) is 96.0 Å². The first kappa shape index (κ1) is 42.8. The van der Waals surface area contributed by atoms with Crippen LogP contribution in [0.1, 0.15) is 49.9 Å². The van der Waals surface area contributed by atoms with Gasteiger partial charge in [-0.05, 0) is 72.1 Å². The van der Waals surface area contributed by atoms with E-state index in [1.54, 1.807) is 27.1 Å². The summed E-state index contributed by atoms with van der Waals surface area (Å²) < 4.78 is 4.58. The highest BCUT2D eigenvalue weighted by atomic mass is 16.5. The van der Waals surface area contributed by atoms with Crippen LogP contribution >= 0.6 is 0 Å². The molecule has 14 heteroatoms. The number of nitrogens with one attached hydrogen (secondary N) is 4. The van der Waals surface area contributed by atoms with Crippen LogP contribution in [0.15, 0.2) is 103 Å². The van der Waals surface area contributed by atoms with Gasteiger partial charge < -0.3 is 40.0 Å². The maximum atomic E-state index is 14.0. The van der Waals surface area contributed by atoms with Gasteiger partial charge in [-0.25, -0.2) is 14.8 Å². The Labute approximate surface area is 350 Å². The highest BCUT2D eigenvalue weighted by Gasteiger charge is 2.28. The highest BCUT2D eigenvalue weighted by Crippen LogP contribution is 2.30. The van der Waals surface area contributed by atoms with E-state index < -0.39 is 12.1 Å². The smallest absolute Gasteiger partial charge is 0.407 e. The van der Waals surface area contributed by atoms with Crippen molar-refractivity contribution in [2.45, 2.75) is 45.8 Å². The summed E-state index contributed by atoms with van der Waals surface area (Å²) in [6.07, 6.45) is 4.42. The van der Waals surface area contributed by atoms with Gasteiger partial charge in [0.25, 0.3) is 0 Å². The number of rotatable bonds is 18. The number of imidazole rings is 2. The zero-order valence-electron chi connectivity index (χ0n) is 34.8. The number of amides is 4. The van der Waals surface area contributed by atoms with Gasteiger partial charge in [0.05, 0.1) is 50.5 Å². The van der Waals surface area contributed by atoms with Gasteiger partial charge in [0.1, 0.15) is 24.2 Å². The van der Waals surface area contributed by atoms with E-state index in [1.165, 1.54) is 7.11 Å². The molecule has 0 fully saturated rings. The molecule has 0 aliphatic rings. The van der Waals surface area contributed by atoms with Gasteiger partial charge in [0.2, 0.25) is 17.7 Å². The van der Waals surface area contributed by atoms with Crippen LogP contribution in [-0.4, -0.2) is 106 Å². The molecule has 2 heterocycles. The van der Waals surface area contributed by atoms with E-state index >= 15 is 0 Å². The number of fused-ring (bicyclic) bond motifs is 1. The second-order valence-corrected chi connectivity index (χ2v) is 14.9. The minimum atomic E-state index is -0.814. The Bertz CT molecular complexity index is 2390. The normalized spacial score (nSPS) is 11.6. The summed E-state index contributed by atoms with van der Waals surface area (Å²) in [5, 5.41) is 7.56. The molecule has 0 bridgehead atoms. The third kappa shape index (κ3) is 11.0. The Morgan fingerprint density at radius 3 is 1.87 bits per heavy atom. The Hall–Kier alpha value is -6.80. The second-order valence-electron chi connectivity index (χ2n) is 14.9. The Morgan fingerprint density at radius 1 is 0.700 bits per heavy atom. The topological polar surface area (TPSA) is 169 Å². The van der Waals surface area contributed by atoms with Crippen LogP contribution in [-0.2, 0) is 32.2 Å². The molecule has 2 aromatic heterocycles. The number of hydrogen-bond donors (Lipinski definition) is 4.